The second-order valence-corrected chi connectivity index (χ2v) is 1.06. The topological polar surface area (TPSA) is 40.9 Å². The van der Waals surface area contributed by atoms with Gasteiger partial charge in [0.25, 0.3) is 0 Å². The molecule has 0 aliphatic heterocycles. The summed E-state index contributed by atoms with van der Waals surface area (Å²) in [6, 6.07) is 0. The monoisotopic (exact) mass is 351 g/mol. The normalized spacial score (nSPS) is 5.67. The van der Waals surface area contributed by atoms with Crippen molar-refractivity contribution in [1.29, 1.82) is 5.41 Å². The van der Waals surface area contributed by atoms with Crippen molar-refractivity contribution in [3.8, 4) is 0 Å². The van der Waals surface area contributed by atoms with E-state index in [9.17, 15) is 4.79 Å². The number of nitrogens with one attached hydrogen (secondary N) is 1. The summed E-state index contributed by atoms with van der Waals surface area (Å²) in [5.41, 5.74) is 0. The van der Waals surface area contributed by atoms with Crippen LogP contribution in [-0.4, -0.2) is 12.0 Å². The van der Waals surface area contributed by atoms with Gasteiger partial charge in [0, 0.05) is 0 Å². The number of carbonyl (C=O) groups is 1. The van der Waals surface area contributed by atoms with Crippen LogP contribution in [0.3, 0.4) is 0 Å². The van der Waals surface area contributed by atoms with Crippen LogP contribution in [-0.2, 0) is 4.79 Å². The van der Waals surface area contributed by atoms with Crippen LogP contribution >= 0.6 is 0 Å². The second kappa shape index (κ2) is 15.8. The van der Waals surface area contributed by atoms with Gasteiger partial charge in [-0.2, -0.15) is 6.92 Å². The molecule has 3 heteroatoms. The van der Waals surface area contributed by atoms with Crippen LogP contribution in [0, 0.1) is 43.4 Å². The SMILES string of the molecule is CC(=O)C[C-]=N.[CH2-]C.[U+2]. The maximum absolute atomic E-state index is 9.86. The molecule has 0 unspecified atom stereocenters. The molecule has 0 atom stereocenters. The van der Waals surface area contributed by atoms with Gasteiger partial charge in [-0.05, 0) is 6.92 Å². The van der Waals surface area contributed by atoms with Crippen LogP contribution in [0.5, 0.6) is 0 Å². The molecule has 0 spiro atoms. The molecule has 0 heterocycles. The summed E-state index contributed by atoms with van der Waals surface area (Å²) in [6.45, 7) is 6.43. The summed E-state index contributed by atoms with van der Waals surface area (Å²) in [4.78, 5) is 9.86. The van der Waals surface area contributed by atoms with Gasteiger partial charge < -0.3 is 23.3 Å². The zero-order chi connectivity index (χ0) is 6.99. The van der Waals surface area contributed by atoms with Crippen LogP contribution in [0.15, 0.2) is 0 Å². The molecule has 0 amide bonds. The Kier molecular flexibility index (Phi) is 28.4. The van der Waals surface area contributed by atoms with Crippen LogP contribution in [0.25, 0.3) is 0 Å². The van der Waals surface area contributed by atoms with Gasteiger partial charge in [0.15, 0.2) is 0 Å². The Balaban J connectivity index is -0.000000109. The maximum atomic E-state index is 9.86. The first-order valence-electron chi connectivity index (χ1n) is 2.37. The number of Topliss-reactive ketones (excluding diaryl/α,β-unsaturated/α-hetero) is 1. The summed E-state index contributed by atoms with van der Waals surface area (Å²) in [7, 11) is 0. The van der Waals surface area contributed by atoms with E-state index in [1.165, 1.54) is 6.92 Å². The van der Waals surface area contributed by atoms with Gasteiger partial charge in [-0.3, -0.25) is 0 Å². The number of hydrogen-bond donors (Lipinski definition) is 1. The van der Waals surface area contributed by atoms with Crippen LogP contribution < -0.4 is 0 Å². The predicted molar refractivity (Wildman–Crippen MR) is 34.1 cm³/mol. The molecule has 50 valence electrons. The molecular weight excluding hydrogens is 340 g/mol. The molecule has 0 aromatic heterocycles. The average molecular weight is 351 g/mol. The molecule has 0 aromatic rings. The molecule has 0 saturated heterocycles. The summed E-state index contributed by atoms with van der Waals surface area (Å²) in [5.74, 6) is -0.00926. The molecule has 0 aromatic carbocycles. The average Bonchev–Trinajstić information content (AvgIpc) is 1.72. The Bertz CT molecular complexity index is 73.5. The minimum atomic E-state index is -0.00926. The van der Waals surface area contributed by atoms with Crippen molar-refractivity contribution in [2.45, 2.75) is 20.3 Å². The Morgan fingerprint density at radius 2 is 2.00 bits per heavy atom. The molecule has 2 nitrogen and oxygen atoms in total. The molecule has 9 heavy (non-hydrogen) atoms. The smallest absolute Gasteiger partial charge is 0.518 e. The minimum Gasteiger partial charge on any atom is -0.518 e. The van der Waals surface area contributed by atoms with Crippen LogP contribution in [0.1, 0.15) is 20.3 Å². The van der Waals surface area contributed by atoms with Gasteiger partial charge in [0.1, 0.15) is 5.78 Å². The molecule has 0 aliphatic carbocycles. The van der Waals surface area contributed by atoms with E-state index in [-0.39, 0.29) is 43.3 Å². The Morgan fingerprint density at radius 1 is 1.67 bits per heavy atom. The predicted octanol–water partition coefficient (Wildman–Crippen LogP) is 1.33. The second-order valence-electron chi connectivity index (χ2n) is 1.06. The number of rotatable bonds is 2. The van der Waals surface area contributed by atoms with Gasteiger partial charge in [0.2, 0.25) is 0 Å². The molecule has 0 rings (SSSR count). The molecule has 0 bridgehead atoms. The van der Waals surface area contributed by atoms with E-state index in [1.807, 2.05) is 6.21 Å². The first-order valence-corrected chi connectivity index (χ1v) is 2.37. The maximum Gasteiger partial charge on any atom is 2.00 e. The Hall–Kier alpha value is 0.392. The van der Waals surface area contributed by atoms with Gasteiger partial charge in [-0.1, -0.05) is 0 Å². The fourth-order valence-electron chi connectivity index (χ4n) is 0.124. The zero-order valence-corrected chi connectivity index (χ0v) is 9.99. The summed E-state index contributed by atoms with van der Waals surface area (Å²) in [6.07, 6.45) is 2.12. The fraction of sp³-hybridized carbons (Fsp3) is 0.500. The molecule has 0 aliphatic rings. The first kappa shape index (κ1) is 16.2. The van der Waals surface area contributed by atoms with E-state index >= 15 is 0 Å². The van der Waals surface area contributed by atoms with Crippen LogP contribution in [0.4, 0.5) is 0 Å². The van der Waals surface area contributed by atoms with Crippen molar-refractivity contribution in [3.63, 3.8) is 0 Å². The molecule has 0 saturated carbocycles. The summed E-state index contributed by atoms with van der Waals surface area (Å²) in [5, 5.41) is 6.26. The van der Waals surface area contributed by atoms with Crippen molar-refractivity contribution in [2.75, 3.05) is 0 Å². The fourth-order valence-corrected chi connectivity index (χ4v) is 0.124. The third-order valence-corrected chi connectivity index (χ3v) is 0.337. The van der Waals surface area contributed by atoms with E-state index in [2.05, 4.69) is 6.92 Å². The summed E-state index contributed by atoms with van der Waals surface area (Å²) < 4.78 is 0. The first-order chi connectivity index (χ1) is 3.77. The summed E-state index contributed by atoms with van der Waals surface area (Å²) >= 11 is 0. The Morgan fingerprint density at radius 3 is 2.00 bits per heavy atom. The minimum absolute atomic E-state index is 0. The van der Waals surface area contributed by atoms with E-state index in [1.54, 1.807) is 6.92 Å². The van der Waals surface area contributed by atoms with Gasteiger partial charge in [0.05, 0.1) is 0 Å². The standard InChI is InChI=1S/C4H6NO.C2H5.U/c1-4(6)2-3-5;1-2;/h5H,2H2,1H3;1H2,2H3;/q2*-1;+2. The van der Waals surface area contributed by atoms with Crippen molar-refractivity contribution in [1.82, 2.24) is 0 Å². The van der Waals surface area contributed by atoms with Gasteiger partial charge in [-0.15, -0.1) is 6.42 Å². The largest absolute Gasteiger partial charge is 2.00 e. The van der Waals surface area contributed by atoms with Crippen LogP contribution in [0.2, 0.25) is 0 Å². The van der Waals surface area contributed by atoms with Crippen molar-refractivity contribution in [3.05, 3.63) is 6.92 Å². The van der Waals surface area contributed by atoms with Gasteiger partial charge >= 0.3 is 31.1 Å². The van der Waals surface area contributed by atoms with Crippen molar-refractivity contribution < 1.29 is 35.9 Å². The molecule has 1 N–H and O–H groups in total. The van der Waals surface area contributed by atoms with E-state index in [0.717, 1.165) is 0 Å². The van der Waals surface area contributed by atoms with E-state index < -0.39 is 0 Å². The molecule has 0 radical (unpaired) electrons. The number of ketones is 1. The molecule has 0 fully saturated rings. The van der Waals surface area contributed by atoms with E-state index in [4.69, 9.17) is 5.41 Å². The van der Waals surface area contributed by atoms with Gasteiger partial charge in [-0.25, -0.2) is 0 Å². The quantitative estimate of drug-likeness (QED) is 0.592. The Labute approximate surface area is 80.3 Å². The number of carbonyl (C=O) groups excluding carboxylic acids is 1. The third-order valence-electron chi connectivity index (χ3n) is 0.337. The zero-order valence-electron chi connectivity index (χ0n) is 5.82. The van der Waals surface area contributed by atoms with Crippen molar-refractivity contribution >= 4 is 12.0 Å². The number of hydrogen-bond acceptors (Lipinski definition) is 2. The van der Waals surface area contributed by atoms with Crippen molar-refractivity contribution in [2.24, 2.45) is 0 Å². The van der Waals surface area contributed by atoms with E-state index in [0.29, 0.717) is 0 Å². The third kappa shape index (κ3) is 29.8. The molecular formula is C6H11NOU.